The van der Waals surface area contributed by atoms with Gasteiger partial charge in [0.1, 0.15) is 5.82 Å². The Kier molecular flexibility index (Phi) is 6.29. The lowest BCUT2D eigenvalue weighted by atomic mass is 10.1. The molecule has 0 aliphatic heterocycles. The summed E-state index contributed by atoms with van der Waals surface area (Å²) in [5, 5.41) is 0.605. The second-order valence-corrected chi connectivity index (χ2v) is 9.34. The molecular formula is C24H19BrF3N7O. The molecule has 0 unspecified atom stereocenters. The second kappa shape index (κ2) is 9.41. The third-order valence-electron chi connectivity index (χ3n) is 5.90. The first kappa shape index (κ1) is 24.0. The van der Waals surface area contributed by atoms with Crippen LogP contribution in [-0.4, -0.2) is 35.7 Å². The number of hydrogen-bond donors (Lipinski definition) is 1. The molecule has 0 bridgehead atoms. The number of anilines is 1. The first-order valence-corrected chi connectivity index (χ1v) is 11.8. The molecule has 36 heavy (non-hydrogen) atoms. The van der Waals surface area contributed by atoms with Gasteiger partial charge in [-0.05, 0) is 65.0 Å². The van der Waals surface area contributed by atoms with E-state index in [0.29, 0.717) is 27.0 Å². The van der Waals surface area contributed by atoms with Crippen molar-refractivity contribution >= 4 is 38.7 Å². The molecule has 8 nitrogen and oxygen atoms in total. The fraction of sp³-hybridized carbons (Fsp3) is 0.250. The minimum Gasteiger partial charge on any atom is -0.383 e. The quantitative estimate of drug-likeness (QED) is 0.356. The number of halogens is 4. The van der Waals surface area contributed by atoms with Crippen LogP contribution in [0.2, 0.25) is 0 Å². The van der Waals surface area contributed by atoms with Gasteiger partial charge in [0.2, 0.25) is 0 Å². The van der Waals surface area contributed by atoms with Crippen molar-refractivity contribution in [2.45, 2.75) is 31.6 Å². The van der Waals surface area contributed by atoms with E-state index in [1.165, 1.54) is 12.3 Å². The van der Waals surface area contributed by atoms with Gasteiger partial charge in [-0.1, -0.05) is 0 Å². The highest BCUT2D eigenvalue weighted by Gasteiger charge is 2.41. The molecule has 0 saturated heterocycles. The van der Waals surface area contributed by atoms with E-state index >= 15 is 0 Å². The predicted molar refractivity (Wildman–Crippen MR) is 128 cm³/mol. The number of amides is 1. The Morgan fingerprint density at radius 1 is 1.11 bits per heavy atom. The third-order valence-corrected chi connectivity index (χ3v) is 6.53. The van der Waals surface area contributed by atoms with Gasteiger partial charge in [-0.2, -0.15) is 13.2 Å². The molecule has 1 aliphatic rings. The number of rotatable bonds is 6. The lowest BCUT2D eigenvalue weighted by Gasteiger charge is -2.31. The Morgan fingerprint density at radius 3 is 2.50 bits per heavy atom. The summed E-state index contributed by atoms with van der Waals surface area (Å²) in [6.07, 6.45) is 2.63. The number of nitrogens with two attached hydrogens (primary N) is 1. The molecule has 5 rings (SSSR count). The van der Waals surface area contributed by atoms with Gasteiger partial charge in [-0.3, -0.25) is 9.78 Å². The van der Waals surface area contributed by atoms with Crippen molar-refractivity contribution in [1.29, 1.82) is 0 Å². The standard InChI is InChI=1S/C24H19BrF3N7O/c25-18-9-14-8-15(10-33-21(14)34-20(18)29)23(36)35(12-17-5-4-16(11-32-17)24(26,27)28)19(13-2-3-13)22-30-6-1-7-31-22/h1,4-11,13,19H,2-3,12H2,(H2,29,33,34)/t19-/m1/s1. The number of carbonyl (C=O) groups excluding carboxylic acids is 1. The third kappa shape index (κ3) is 4.99. The van der Waals surface area contributed by atoms with Gasteiger partial charge in [0, 0.05) is 30.2 Å². The molecule has 0 radical (unpaired) electrons. The van der Waals surface area contributed by atoms with Gasteiger partial charge >= 0.3 is 6.18 Å². The van der Waals surface area contributed by atoms with Crippen LogP contribution in [0.3, 0.4) is 0 Å². The molecule has 4 aromatic rings. The highest BCUT2D eigenvalue weighted by Crippen LogP contribution is 2.44. The zero-order valence-corrected chi connectivity index (χ0v) is 20.2. The Balaban J connectivity index is 1.55. The Hall–Kier alpha value is -3.67. The number of fused-ring (bicyclic) bond motifs is 1. The van der Waals surface area contributed by atoms with Crippen molar-refractivity contribution < 1.29 is 18.0 Å². The molecule has 184 valence electrons. The molecule has 0 aromatic carbocycles. The maximum absolute atomic E-state index is 13.9. The number of carbonyl (C=O) groups is 1. The Morgan fingerprint density at radius 2 is 1.86 bits per heavy atom. The number of nitrogens with zero attached hydrogens (tertiary/aromatic N) is 6. The van der Waals surface area contributed by atoms with Crippen molar-refractivity contribution in [3.8, 4) is 0 Å². The SMILES string of the molecule is Nc1nc2ncc(C(=O)N(Cc3ccc(C(F)(F)F)cn3)[C@@H](c3ncccn3)C3CC3)cc2cc1Br. The van der Waals surface area contributed by atoms with Crippen LogP contribution in [0.1, 0.15) is 46.3 Å². The first-order chi connectivity index (χ1) is 17.2. The monoisotopic (exact) mass is 557 g/mol. The van der Waals surface area contributed by atoms with Crippen molar-refractivity contribution in [3.05, 3.63) is 82.2 Å². The van der Waals surface area contributed by atoms with E-state index in [0.717, 1.165) is 25.1 Å². The van der Waals surface area contributed by atoms with Crippen LogP contribution in [-0.2, 0) is 12.7 Å². The summed E-state index contributed by atoms with van der Waals surface area (Å²) in [6.45, 7) is -0.0297. The smallest absolute Gasteiger partial charge is 0.383 e. The van der Waals surface area contributed by atoms with E-state index < -0.39 is 17.8 Å². The van der Waals surface area contributed by atoms with Gasteiger partial charge in [0.25, 0.3) is 5.91 Å². The zero-order valence-electron chi connectivity index (χ0n) is 18.7. The molecule has 0 spiro atoms. The Labute approximate surface area is 211 Å². The highest BCUT2D eigenvalue weighted by atomic mass is 79.9. The van der Waals surface area contributed by atoms with Crippen LogP contribution in [0.25, 0.3) is 11.0 Å². The van der Waals surface area contributed by atoms with Crippen molar-refractivity contribution in [2.24, 2.45) is 5.92 Å². The molecular weight excluding hydrogens is 539 g/mol. The predicted octanol–water partition coefficient (Wildman–Crippen LogP) is 4.97. The van der Waals surface area contributed by atoms with E-state index in [2.05, 4.69) is 40.8 Å². The summed E-state index contributed by atoms with van der Waals surface area (Å²) in [5.74, 6) is 0.489. The molecule has 1 aliphatic carbocycles. The molecule has 1 atom stereocenters. The maximum atomic E-state index is 13.9. The molecule has 4 heterocycles. The number of aromatic nitrogens is 5. The number of alkyl halides is 3. The minimum absolute atomic E-state index is 0.0297. The van der Waals surface area contributed by atoms with Crippen molar-refractivity contribution in [3.63, 3.8) is 0 Å². The first-order valence-electron chi connectivity index (χ1n) is 11.0. The summed E-state index contributed by atoms with van der Waals surface area (Å²) in [7, 11) is 0. The fourth-order valence-electron chi connectivity index (χ4n) is 3.97. The summed E-state index contributed by atoms with van der Waals surface area (Å²) in [5.41, 5.74) is 5.96. The molecule has 1 saturated carbocycles. The average Bonchev–Trinajstić information content (AvgIpc) is 3.69. The van der Waals surface area contributed by atoms with Crippen LogP contribution < -0.4 is 5.73 Å². The summed E-state index contributed by atoms with van der Waals surface area (Å²) >= 11 is 3.34. The van der Waals surface area contributed by atoms with Crippen molar-refractivity contribution in [2.75, 3.05) is 5.73 Å². The van der Waals surface area contributed by atoms with Crippen LogP contribution >= 0.6 is 15.9 Å². The Bertz CT molecular complexity index is 1410. The van der Waals surface area contributed by atoms with Gasteiger partial charge in [0.05, 0.1) is 33.9 Å². The topological polar surface area (TPSA) is 111 Å². The molecule has 1 amide bonds. The molecule has 4 aromatic heterocycles. The number of pyridine rings is 3. The lowest BCUT2D eigenvalue weighted by molar-refractivity contribution is -0.137. The van der Waals surface area contributed by atoms with Gasteiger partial charge in [-0.25, -0.2) is 19.9 Å². The van der Waals surface area contributed by atoms with Crippen LogP contribution in [0.5, 0.6) is 0 Å². The number of nitrogen functional groups attached to an aromatic ring is 1. The lowest BCUT2D eigenvalue weighted by Crippen LogP contribution is -2.37. The van der Waals surface area contributed by atoms with E-state index in [1.807, 2.05) is 0 Å². The molecule has 12 heteroatoms. The highest BCUT2D eigenvalue weighted by molar-refractivity contribution is 9.10. The van der Waals surface area contributed by atoms with E-state index in [9.17, 15) is 18.0 Å². The summed E-state index contributed by atoms with van der Waals surface area (Å²) in [4.78, 5) is 36.7. The van der Waals surface area contributed by atoms with E-state index in [-0.39, 0.29) is 29.8 Å². The van der Waals surface area contributed by atoms with Gasteiger partial charge in [-0.15, -0.1) is 0 Å². The summed E-state index contributed by atoms with van der Waals surface area (Å²) < 4.78 is 39.7. The number of hydrogen-bond acceptors (Lipinski definition) is 7. The fourth-order valence-corrected chi connectivity index (χ4v) is 4.31. The zero-order chi connectivity index (χ0) is 25.4. The normalized spacial score (nSPS) is 14.6. The average molecular weight is 558 g/mol. The van der Waals surface area contributed by atoms with E-state index in [4.69, 9.17) is 5.73 Å². The summed E-state index contributed by atoms with van der Waals surface area (Å²) in [6, 6.07) is 6.82. The van der Waals surface area contributed by atoms with Crippen LogP contribution in [0.4, 0.5) is 19.0 Å². The van der Waals surface area contributed by atoms with Crippen molar-refractivity contribution in [1.82, 2.24) is 29.8 Å². The maximum Gasteiger partial charge on any atom is 0.417 e. The second-order valence-electron chi connectivity index (χ2n) is 8.48. The molecule has 1 fully saturated rings. The minimum atomic E-state index is -4.50. The largest absolute Gasteiger partial charge is 0.417 e. The van der Waals surface area contributed by atoms with E-state index in [1.54, 1.807) is 35.5 Å². The van der Waals surface area contributed by atoms with Gasteiger partial charge < -0.3 is 10.6 Å². The van der Waals surface area contributed by atoms with Crippen LogP contribution in [0, 0.1) is 5.92 Å². The molecule has 2 N–H and O–H groups in total. The van der Waals surface area contributed by atoms with Gasteiger partial charge in [0.15, 0.2) is 11.5 Å². The van der Waals surface area contributed by atoms with Crippen LogP contribution in [0.15, 0.2) is 59.6 Å².